The Kier molecular flexibility index (Phi) is 4.38. The molecule has 90 valence electrons. The average Bonchev–Trinajstić information content (AvgIpc) is 2.82. The van der Waals surface area contributed by atoms with E-state index in [1.807, 2.05) is 11.3 Å². The predicted octanol–water partition coefficient (Wildman–Crippen LogP) is 2.88. The summed E-state index contributed by atoms with van der Waals surface area (Å²) in [6.45, 7) is 8.07. The van der Waals surface area contributed by atoms with Crippen LogP contribution in [0, 0.1) is 0 Å². The van der Waals surface area contributed by atoms with Crippen molar-refractivity contribution in [3.8, 4) is 0 Å². The fourth-order valence-corrected chi connectivity index (χ4v) is 3.34. The smallest absolute Gasteiger partial charge is 0.0413 e. The standard InChI is InChI=1S/C13H22N2S/c1-3-14-12-6-4-8-15(10-12)11(2)13-7-5-9-16-13/h5,7,9,11-12,14H,3-4,6,8,10H2,1-2H3. The van der Waals surface area contributed by atoms with Crippen molar-refractivity contribution in [2.75, 3.05) is 19.6 Å². The van der Waals surface area contributed by atoms with Gasteiger partial charge in [0.2, 0.25) is 0 Å². The maximum absolute atomic E-state index is 3.58. The Labute approximate surface area is 103 Å². The Morgan fingerprint density at radius 3 is 3.19 bits per heavy atom. The molecule has 0 radical (unpaired) electrons. The van der Waals surface area contributed by atoms with E-state index in [-0.39, 0.29) is 0 Å². The minimum Gasteiger partial charge on any atom is -0.313 e. The summed E-state index contributed by atoms with van der Waals surface area (Å²) in [6.07, 6.45) is 2.66. The van der Waals surface area contributed by atoms with E-state index in [4.69, 9.17) is 0 Å². The topological polar surface area (TPSA) is 15.3 Å². The summed E-state index contributed by atoms with van der Waals surface area (Å²) < 4.78 is 0. The molecule has 2 rings (SSSR count). The molecule has 1 aliphatic rings. The molecular formula is C13H22N2S. The fourth-order valence-electron chi connectivity index (χ4n) is 2.52. The zero-order valence-electron chi connectivity index (χ0n) is 10.3. The van der Waals surface area contributed by atoms with Crippen LogP contribution in [0.1, 0.15) is 37.6 Å². The van der Waals surface area contributed by atoms with Gasteiger partial charge in [-0.2, -0.15) is 0 Å². The monoisotopic (exact) mass is 238 g/mol. The van der Waals surface area contributed by atoms with Gasteiger partial charge < -0.3 is 5.32 Å². The van der Waals surface area contributed by atoms with Crippen molar-refractivity contribution >= 4 is 11.3 Å². The third kappa shape index (κ3) is 2.84. The summed E-state index contributed by atoms with van der Waals surface area (Å²) in [5.41, 5.74) is 0. The molecule has 0 saturated carbocycles. The molecule has 0 amide bonds. The Balaban J connectivity index is 1.93. The summed E-state index contributed by atoms with van der Waals surface area (Å²) >= 11 is 1.88. The second-order valence-corrected chi connectivity index (χ2v) is 5.56. The van der Waals surface area contributed by atoms with Crippen LogP contribution in [0.2, 0.25) is 0 Å². The first-order chi connectivity index (χ1) is 7.81. The molecule has 2 heterocycles. The molecule has 1 aliphatic heterocycles. The van der Waals surface area contributed by atoms with Gasteiger partial charge in [-0.3, -0.25) is 4.90 Å². The molecule has 2 atom stereocenters. The van der Waals surface area contributed by atoms with E-state index >= 15 is 0 Å². The van der Waals surface area contributed by atoms with Crippen LogP contribution < -0.4 is 5.32 Å². The van der Waals surface area contributed by atoms with Crippen LogP contribution in [0.4, 0.5) is 0 Å². The van der Waals surface area contributed by atoms with Crippen molar-refractivity contribution in [2.24, 2.45) is 0 Å². The average molecular weight is 238 g/mol. The number of nitrogens with zero attached hydrogens (tertiary/aromatic N) is 1. The maximum atomic E-state index is 3.58. The van der Waals surface area contributed by atoms with Gasteiger partial charge in [-0.1, -0.05) is 13.0 Å². The molecule has 2 nitrogen and oxygen atoms in total. The molecule has 3 heteroatoms. The molecule has 0 spiro atoms. The predicted molar refractivity (Wildman–Crippen MR) is 71.0 cm³/mol. The lowest BCUT2D eigenvalue weighted by atomic mass is 10.0. The van der Waals surface area contributed by atoms with Crippen LogP contribution in [0.3, 0.4) is 0 Å². The third-order valence-corrected chi connectivity index (χ3v) is 4.49. The highest BCUT2D eigenvalue weighted by molar-refractivity contribution is 7.10. The van der Waals surface area contributed by atoms with E-state index in [1.54, 1.807) is 0 Å². The van der Waals surface area contributed by atoms with Gasteiger partial charge >= 0.3 is 0 Å². The quantitative estimate of drug-likeness (QED) is 0.867. The van der Waals surface area contributed by atoms with E-state index < -0.39 is 0 Å². The minimum absolute atomic E-state index is 0.585. The van der Waals surface area contributed by atoms with Crippen LogP contribution in [0.5, 0.6) is 0 Å². The highest BCUT2D eigenvalue weighted by Crippen LogP contribution is 2.27. The van der Waals surface area contributed by atoms with Gasteiger partial charge in [0, 0.05) is 23.5 Å². The number of hydrogen-bond acceptors (Lipinski definition) is 3. The number of likely N-dealkylation sites (tertiary alicyclic amines) is 1. The zero-order chi connectivity index (χ0) is 11.4. The van der Waals surface area contributed by atoms with Crippen LogP contribution in [-0.2, 0) is 0 Å². The summed E-state index contributed by atoms with van der Waals surface area (Å²) in [5, 5.41) is 5.75. The largest absolute Gasteiger partial charge is 0.313 e. The molecule has 0 aliphatic carbocycles. The number of thiophene rings is 1. The van der Waals surface area contributed by atoms with Crippen molar-refractivity contribution < 1.29 is 0 Å². The van der Waals surface area contributed by atoms with Gasteiger partial charge in [-0.15, -0.1) is 11.3 Å². The molecule has 0 bridgehead atoms. The first kappa shape index (κ1) is 12.1. The molecule has 1 fully saturated rings. The van der Waals surface area contributed by atoms with Crippen LogP contribution in [-0.4, -0.2) is 30.6 Å². The Bertz CT molecular complexity index is 295. The minimum atomic E-state index is 0.585. The number of hydrogen-bond donors (Lipinski definition) is 1. The molecule has 1 aromatic rings. The lowest BCUT2D eigenvalue weighted by molar-refractivity contribution is 0.148. The van der Waals surface area contributed by atoms with E-state index in [0.717, 1.165) is 6.54 Å². The van der Waals surface area contributed by atoms with Gasteiger partial charge in [0.25, 0.3) is 0 Å². The van der Waals surface area contributed by atoms with Gasteiger partial charge in [-0.05, 0) is 44.3 Å². The molecule has 1 saturated heterocycles. The lowest BCUT2D eigenvalue weighted by Gasteiger charge is -2.36. The summed E-state index contributed by atoms with van der Waals surface area (Å²) in [7, 11) is 0. The maximum Gasteiger partial charge on any atom is 0.0413 e. The summed E-state index contributed by atoms with van der Waals surface area (Å²) in [5.74, 6) is 0. The second-order valence-electron chi connectivity index (χ2n) is 4.58. The number of piperidine rings is 1. The second kappa shape index (κ2) is 5.80. The van der Waals surface area contributed by atoms with Gasteiger partial charge in [-0.25, -0.2) is 0 Å². The van der Waals surface area contributed by atoms with Crippen molar-refractivity contribution in [3.63, 3.8) is 0 Å². The molecule has 2 unspecified atom stereocenters. The van der Waals surface area contributed by atoms with E-state index in [9.17, 15) is 0 Å². The number of rotatable bonds is 4. The Morgan fingerprint density at radius 1 is 1.62 bits per heavy atom. The molecule has 16 heavy (non-hydrogen) atoms. The molecular weight excluding hydrogens is 216 g/mol. The normalized spacial score (nSPS) is 24.5. The summed E-state index contributed by atoms with van der Waals surface area (Å²) in [6, 6.07) is 5.69. The highest BCUT2D eigenvalue weighted by atomic mass is 32.1. The molecule has 0 aromatic carbocycles. The first-order valence-corrected chi connectivity index (χ1v) is 7.20. The first-order valence-electron chi connectivity index (χ1n) is 6.32. The van der Waals surface area contributed by atoms with Gasteiger partial charge in [0.15, 0.2) is 0 Å². The Hall–Kier alpha value is -0.380. The van der Waals surface area contributed by atoms with E-state index in [0.29, 0.717) is 12.1 Å². The van der Waals surface area contributed by atoms with Crippen LogP contribution >= 0.6 is 11.3 Å². The SMILES string of the molecule is CCNC1CCCN(C(C)c2cccs2)C1. The number of nitrogens with one attached hydrogen (secondary N) is 1. The van der Waals surface area contributed by atoms with Crippen LogP contribution in [0.15, 0.2) is 17.5 Å². The number of likely N-dealkylation sites (N-methyl/N-ethyl adjacent to an activating group) is 1. The van der Waals surface area contributed by atoms with Crippen molar-refractivity contribution in [1.82, 2.24) is 10.2 Å². The van der Waals surface area contributed by atoms with E-state index in [2.05, 4.69) is 41.6 Å². The van der Waals surface area contributed by atoms with Crippen molar-refractivity contribution in [2.45, 2.75) is 38.8 Å². The van der Waals surface area contributed by atoms with Crippen LogP contribution in [0.25, 0.3) is 0 Å². The van der Waals surface area contributed by atoms with Gasteiger partial charge in [0.05, 0.1) is 0 Å². The highest BCUT2D eigenvalue weighted by Gasteiger charge is 2.23. The fraction of sp³-hybridized carbons (Fsp3) is 0.692. The van der Waals surface area contributed by atoms with Gasteiger partial charge in [0.1, 0.15) is 0 Å². The van der Waals surface area contributed by atoms with Crippen molar-refractivity contribution in [1.29, 1.82) is 0 Å². The summed E-state index contributed by atoms with van der Waals surface area (Å²) in [4.78, 5) is 4.11. The van der Waals surface area contributed by atoms with Crippen molar-refractivity contribution in [3.05, 3.63) is 22.4 Å². The Morgan fingerprint density at radius 2 is 2.50 bits per heavy atom. The molecule has 1 N–H and O–H groups in total. The van der Waals surface area contributed by atoms with E-state index in [1.165, 1.54) is 30.8 Å². The third-order valence-electron chi connectivity index (χ3n) is 3.45. The molecule has 1 aromatic heterocycles. The lowest BCUT2D eigenvalue weighted by Crippen LogP contribution is -2.46. The zero-order valence-corrected chi connectivity index (χ0v) is 11.1.